The Bertz CT molecular complexity index is 566. The maximum absolute atomic E-state index is 6.12. The SMILES string of the molecule is Cc1cc(C)c(C=C(CN)B2OC(C)(C)C(C)(C)O2)c(C)c1. The summed E-state index contributed by atoms with van der Waals surface area (Å²) in [5.41, 5.74) is 11.3. The minimum absolute atomic E-state index is 0.344. The van der Waals surface area contributed by atoms with Crippen LogP contribution in [0.1, 0.15) is 49.9 Å². The van der Waals surface area contributed by atoms with Crippen molar-refractivity contribution in [2.24, 2.45) is 5.73 Å². The van der Waals surface area contributed by atoms with Crippen LogP contribution in [-0.2, 0) is 9.31 Å². The molecule has 120 valence electrons. The van der Waals surface area contributed by atoms with Crippen molar-refractivity contribution in [3.05, 3.63) is 39.9 Å². The first-order valence-corrected chi connectivity index (χ1v) is 7.91. The van der Waals surface area contributed by atoms with Crippen molar-refractivity contribution in [1.82, 2.24) is 0 Å². The predicted molar refractivity (Wildman–Crippen MR) is 93.8 cm³/mol. The predicted octanol–water partition coefficient (Wildman–Crippen LogP) is 3.59. The van der Waals surface area contributed by atoms with Gasteiger partial charge < -0.3 is 15.0 Å². The zero-order valence-electron chi connectivity index (χ0n) is 14.9. The zero-order valence-corrected chi connectivity index (χ0v) is 14.9. The molecule has 22 heavy (non-hydrogen) atoms. The van der Waals surface area contributed by atoms with Crippen molar-refractivity contribution >= 4 is 13.2 Å². The van der Waals surface area contributed by atoms with Crippen LogP contribution in [0.3, 0.4) is 0 Å². The van der Waals surface area contributed by atoms with Crippen LogP contribution < -0.4 is 5.73 Å². The van der Waals surface area contributed by atoms with Crippen LogP contribution in [0.2, 0.25) is 0 Å². The molecule has 1 fully saturated rings. The number of hydrogen-bond donors (Lipinski definition) is 1. The van der Waals surface area contributed by atoms with Gasteiger partial charge in [0.2, 0.25) is 0 Å². The molecular weight excluding hydrogens is 273 g/mol. The summed E-state index contributed by atoms with van der Waals surface area (Å²) < 4.78 is 12.2. The lowest BCUT2D eigenvalue weighted by atomic mass is 9.76. The van der Waals surface area contributed by atoms with E-state index < -0.39 is 0 Å². The van der Waals surface area contributed by atoms with Gasteiger partial charge in [-0.1, -0.05) is 23.8 Å². The van der Waals surface area contributed by atoms with Crippen LogP contribution in [0.25, 0.3) is 6.08 Å². The highest BCUT2D eigenvalue weighted by atomic mass is 16.7. The van der Waals surface area contributed by atoms with Crippen LogP contribution in [0.15, 0.2) is 17.6 Å². The van der Waals surface area contributed by atoms with Crippen molar-refractivity contribution in [1.29, 1.82) is 0 Å². The molecule has 0 unspecified atom stereocenters. The van der Waals surface area contributed by atoms with Gasteiger partial charge in [-0.05, 0) is 70.6 Å². The topological polar surface area (TPSA) is 44.5 Å². The molecule has 1 saturated heterocycles. The van der Waals surface area contributed by atoms with E-state index in [1.54, 1.807) is 0 Å². The second kappa shape index (κ2) is 5.84. The molecule has 0 atom stereocenters. The highest BCUT2D eigenvalue weighted by molar-refractivity contribution is 6.55. The average Bonchev–Trinajstić information content (AvgIpc) is 2.57. The summed E-state index contributed by atoms with van der Waals surface area (Å²) in [6.07, 6.45) is 2.13. The molecule has 1 aromatic carbocycles. The molecule has 4 heteroatoms. The smallest absolute Gasteiger partial charge is 0.400 e. The maximum Gasteiger partial charge on any atom is 0.491 e. The summed E-state index contributed by atoms with van der Waals surface area (Å²) in [5.74, 6) is 0. The van der Waals surface area contributed by atoms with Gasteiger partial charge in [-0.3, -0.25) is 0 Å². The fourth-order valence-corrected chi connectivity index (χ4v) is 2.82. The maximum atomic E-state index is 6.12. The second-order valence-electron chi connectivity index (χ2n) is 7.32. The summed E-state index contributed by atoms with van der Waals surface area (Å²) in [5, 5.41) is 0. The quantitative estimate of drug-likeness (QED) is 0.868. The first-order chi connectivity index (χ1) is 10.1. The third kappa shape index (κ3) is 3.14. The van der Waals surface area contributed by atoms with Crippen molar-refractivity contribution in [3.63, 3.8) is 0 Å². The summed E-state index contributed by atoms with van der Waals surface area (Å²) in [4.78, 5) is 0. The molecule has 2 N–H and O–H groups in total. The van der Waals surface area contributed by atoms with Crippen LogP contribution in [0.5, 0.6) is 0 Å². The number of nitrogens with two attached hydrogens (primary N) is 1. The van der Waals surface area contributed by atoms with Gasteiger partial charge in [0.25, 0.3) is 0 Å². The van der Waals surface area contributed by atoms with Gasteiger partial charge in [0.15, 0.2) is 0 Å². The Hall–Kier alpha value is -1.10. The van der Waals surface area contributed by atoms with Gasteiger partial charge in [0.05, 0.1) is 11.2 Å². The molecule has 0 aromatic heterocycles. The molecule has 0 aliphatic carbocycles. The van der Waals surface area contributed by atoms with E-state index in [1.165, 1.54) is 22.3 Å². The molecule has 1 aliphatic rings. The number of hydrogen-bond acceptors (Lipinski definition) is 3. The van der Waals surface area contributed by atoms with E-state index in [1.807, 2.05) is 0 Å². The normalized spacial score (nSPS) is 20.5. The van der Waals surface area contributed by atoms with E-state index in [0.29, 0.717) is 6.54 Å². The molecule has 0 amide bonds. The molecular formula is C18H28BNO2. The molecule has 2 rings (SSSR count). The minimum Gasteiger partial charge on any atom is -0.400 e. The van der Waals surface area contributed by atoms with Crippen LogP contribution in [0.4, 0.5) is 0 Å². The fourth-order valence-electron chi connectivity index (χ4n) is 2.82. The fraction of sp³-hybridized carbons (Fsp3) is 0.556. The highest BCUT2D eigenvalue weighted by Gasteiger charge is 2.52. The van der Waals surface area contributed by atoms with Gasteiger partial charge in [0.1, 0.15) is 0 Å². The van der Waals surface area contributed by atoms with Crippen LogP contribution >= 0.6 is 0 Å². The number of benzene rings is 1. The van der Waals surface area contributed by atoms with Crippen molar-refractivity contribution in [2.45, 2.75) is 59.7 Å². The van der Waals surface area contributed by atoms with E-state index in [0.717, 1.165) is 5.47 Å². The average molecular weight is 301 g/mol. The summed E-state index contributed by atoms with van der Waals surface area (Å²) in [6, 6.07) is 4.38. The van der Waals surface area contributed by atoms with Gasteiger partial charge >= 0.3 is 7.12 Å². The van der Waals surface area contributed by atoms with Gasteiger partial charge in [0, 0.05) is 6.54 Å². The standard InChI is InChI=1S/C18H28BNO2/c1-12-8-13(2)16(14(3)9-12)10-15(11-20)19-21-17(4,5)18(6,7)22-19/h8-10H,11,20H2,1-7H3. The largest absolute Gasteiger partial charge is 0.491 e. The van der Waals surface area contributed by atoms with E-state index in [4.69, 9.17) is 15.0 Å². The summed E-state index contributed by atoms with van der Waals surface area (Å²) in [7, 11) is -0.380. The highest BCUT2D eigenvalue weighted by Crippen LogP contribution is 2.38. The lowest BCUT2D eigenvalue weighted by Crippen LogP contribution is -2.41. The Morgan fingerprint density at radius 1 is 1.05 bits per heavy atom. The Morgan fingerprint density at radius 3 is 1.91 bits per heavy atom. The molecule has 1 heterocycles. The molecule has 1 aromatic rings. The molecule has 3 nitrogen and oxygen atoms in total. The summed E-state index contributed by atoms with van der Waals surface area (Å²) in [6.45, 7) is 15.0. The van der Waals surface area contributed by atoms with E-state index in [2.05, 4.69) is 66.7 Å². The van der Waals surface area contributed by atoms with E-state index in [-0.39, 0.29) is 18.3 Å². The van der Waals surface area contributed by atoms with Crippen molar-refractivity contribution in [3.8, 4) is 0 Å². The molecule has 0 saturated carbocycles. The Balaban J connectivity index is 2.38. The Labute approximate surface area is 135 Å². The monoisotopic (exact) mass is 301 g/mol. The van der Waals surface area contributed by atoms with Gasteiger partial charge in [-0.15, -0.1) is 0 Å². The zero-order chi connectivity index (χ0) is 16.7. The summed E-state index contributed by atoms with van der Waals surface area (Å²) >= 11 is 0. The first kappa shape index (κ1) is 17.3. The third-order valence-corrected chi connectivity index (χ3v) is 4.86. The van der Waals surface area contributed by atoms with Crippen molar-refractivity contribution < 1.29 is 9.31 Å². The molecule has 1 aliphatic heterocycles. The second-order valence-corrected chi connectivity index (χ2v) is 7.32. The van der Waals surface area contributed by atoms with Crippen LogP contribution in [-0.4, -0.2) is 24.9 Å². The van der Waals surface area contributed by atoms with Gasteiger partial charge in [-0.25, -0.2) is 0 Å². The van der Waals surface area contributed by atoms with Gasteiger partial charge in [-0.2, -0.15) is 0 Å². The Kier molecular flexibility index (Phi) is 4.58. The van der Waals surface area contributed by atoms with E-state index >= 15 is 0 Å². The third-order valence-electron chi connectivity index (χ3n) is 4.86. The molecule has 0 bridgehead atoms. The number of aryl methyl sites for hydroxylation is 3. The minimum atomic E-state index is -0.380. The number of rotatable bonds is 3. The molecule has 0 radical (unpaired) electrons. The van der Waals surface area contributed by atoms with Crippen molar-refractivity contribution in [2.75, 3.05) is 6.54 Å². The first-order valence-electron chi connectivity index (χ1n) is 7.91. The Morgan fingerprint density at radius 2 is 1.50 bits per heavy atom. The van der Waals surface area contributed by atoms with E-state index in [9.17, 15) is 0 Å². The van der Waals surface area contributed by atoms with Crippen LogP contribution in [0, 0.1) is 20.8 Å². The lowest BCUT2D eigenvalue weighted by Gasteiger charge is -2.32. The lowest BCUT2D eigenvalue weighted by molar-refractivity contribution is 0.00578. The molecule has 0 spiro atoms.